The molecule has 0 aliphatic heterocycles. The number of nitrogens with one attached hydrogen (secondary N) is 3. The van der Waals surface area contributed by atoms with E-state index in [-0.39, 0.29) is 24.7 Å². The Morgan fingerprint density at radius 3 is 1.80 bits per heavy atom. The van der Waals surface area contributed by atoms with Gasteiger partial charge in [0.1, 0.15) is 18.1 Å². The van der Waals surface area contributed by atoms with E-state index in [1.54, 1.807) is 0 Å². The van der Waals surface area contributed by atoms with Gasteiger partial charge in [-0.2, -0.15) is 0 Å². The first-order chi connectivity index (χ1) is 21.7. The normalized spacial score (nSPS) is 14.3. The SMILES string of the molecule is CC(C)CC(NC(=O)C(Cc1ccccc1)N=[N+]=[N-])C(=O)NC(CC(C)C)C(=O)NC(/C=C/S(C)(=O)=O)Cc1ccc(CN)cc1. The standard InChI is InChI=1S/C33H47N7O5S/c1-22(2)17-28(31(41)36-27(15-16-46(5,44)45)19-25-11-13-26(21-34)14-12-25)37-32(42)29(18-23(3)4)38-33(43)30(39-40-35)20-24-9-7-6-8-10-24/h6-16,22-23,27-30H,17-21,34H2,1-5H3,(H,36,41)(H,37,42)(H,38,43)/b16-15+. The lowest BCUT2D eigenvalue weighted by Crippen LogP contribution is -2.56. The molecule has 250 valence electrons. The highest BCUT2D eigenvalue weighted by Crippen LogP contribution is 2.13. The molecule has 0 aromatic heterocycles. The Balaban J connectivity index is 2.27. The van der Waals surface area contributed by atoms with Gasteiger partial charge in [0.2, 0.25) is 17.7 Å². The lowest BCUT2D eigenvalue weighted by molar-refractivity contribution is -0.133. The third-order valence-electron chi connectivity index (χ3n) is 7.05. The molecule has 2 rings (SSSR count). The van der Waals surface area contributed by atoms with Gasteiger partial charge in [-0.3, -0.25) is 14.4 Å². The molecule has 4 atom stereocenters. The molecule has 0 bridgehead atoms. The first kappa shape index (κ1) is 38.0. The van der Waals surface area contributed by atoms with Crippen LogP contribution in [0.1, 0.15) is 57.2 Å². The van der Waals surface area contributed by atoms with Crippen LogP contribution in [0, 0.1) is 11.8 Å². The Hall–Kier alpha value is -4.19. The molecule has 0 heterocycles. The largest absolute Gasteiger partial charge is 0.348 e. The lowest BCUT2D eigenvalue weighted by atomic mass is 9.98. The van der Waals surface area contributed by atoms with Crippen LogP contribution < -0.4 is 21.7 Å². The van der Waals surface area contributed by atoms with Gasteiger partial charge in [0.05, 0.1) is 6.04 Å². The van der Waals surface area contributed by atoms with Gasteiger partial charge in [-0.05, 0) is 59.7 Å². The van der Waals surface area contributed by atoms with Crippen molar-refractivity contribution in [2.75, 3.05) is 6.26 Å². The van der Waals surface area contributed by atoms with Gasteiger partial charge in [0.25, 0.3) is 0 Å². The third kappa shape index (κ3) is 14.3. The van der Waals surface area contributed by atoms with Crippen LogP contribution in [0.3, 0.4) is 0 Å². The summed E-state index contributed by atoms with van der Waals surface area (Å²) < 4.78 is 23.8. The van der Waals surface area contributed by atoms with E-state index in [2.05, 4.69) is 26.0 Å². The minimum atomic E-state index is -3.47. The van der Waals surface area contributed by atoms with Crippen LogP contribution in [-0.2, 0) is 43.6 Å². The van der Waals surface area contributed by atoms with Crippen LogP contribution in [0.15, 0.2) is 71.2 Å². The summed E-state index contributed by atoms with van der Waals surface area (Å²) in [6.07, 6.45) is 3.52. The fourth-order valence-corrected chi connectivity index (χ4v) is 5.26. The molecule has 0 saturated heterocycles. The van der Waals surface area contributed by atoms with E-state index < -0.39 is 51.7 Å². The van der Waals surface area contributed by atoms with Crippen LogP contribution in [0.4, 0.5) is 0 Å². The highest BCUT2D eigenvalue weighted by molar-refractivity contribution is 7.93. The maximum Gasteiger partial charge on any atom is 0.243 e. The molecule has 0 spiro atoms. The zero-order valence-corrected chi connectivity index (χ0v) is 28.0. The monoisotopic (exact) mass is 653 g/mol. The summed E-state index contributed by atoms with van der Waals surface area (Å²) in [5.41, 5.74) is 17.4. The molecule has 3 amide bonds. The number of nitrogens with two attached hydrogens (primary N) is 1. The van der Waals surface area contributed by atoms with E-state index in [0.29, 0.717) is 19.4 Å². The number of nitrogens with zero attached hydrogens (tertiary/aromatic N) is 3. The van der Waals surface area contributed by atoms with Crippen molar-refractivity contribution in [2.24, 2.45) is 22.7 Å². The fourth-order valence-electron chi connectivity index (χ4n) is 4.79. The molecule has 2 aromatic rings. The average molecular weight is 654 g/mol. The van der Waals surface area contributed by atoms with Crippen molar-refractivity contribution in [3.63, 3.8) is 0 Å². The predicted octanol–water partition coefficient (Wildman–Crippen LogP) is 3.71. The summed E-state index contributed by atoms with van der Waals surface area (Å²) in [6.45, 7) is 8.00. The van der Waals surface area contributed by atoms with Crippen molar-refractivity contribution < 1.29 is 22.8 Å². The number of amides is 3. The summed E-state index contributed by atoms with van der Waals surface area (Å²) >= 11 is 0. The van der Waals surface area contributed by atoms with E-state index in [0.717, 1.165) is 28.4 Å². The van der Waals surface area contributed by atoms with Crippen molar-refractivity contribution in [3.8, 4) is 0 Å². The first-order valence-corrected chi connectivity index (χ1v) is 17.3. The molecular weight excluding hydrogens is 606 g/mol. The van der Waals surface area contributed by atoms with Gasteiger partial charge in [-0.1, -0.05) is 93.5 Å². The lowest BCUT2D eigenvalue weighted by Gasteiger charge is -2.27. The van der Waals surface area contributed by atoms with Crippen molar-refractivity contribution in [3.05, 3.63) is 93.2 Å². The second-order valence-electron chi connectivity index (χ2n) is 12.3. The van der Waals surface area contributed by atoms with Crippen LogP contribution in [0.2, 0.25) is 0 Å². The van der Waals surface area contributed by atoms with Gasteiger partial charge in [0.15, 0.2) is 9.84 Å². The predicted molar refractivity (Wildman–Crippen MR) is 180 cm³/mol. The van der Waals surface area contributed by atoms with Crippen molar-refractivity contribution in [1.29, 1.82) is 0 Å². The highest BCUT2D eigenvalue weighted by Gasteiger charge is 2.30. The Kier molecular flexibility index (Phi) is 15.4. The van der Waals surface area contributed by atoms with Crippen molar-refractivity contribution in [1.82, 2.24) is 16.0 Å². The van der Waals surface area contributed by atoms with Crippen LogP contribution >= 0.6 is 0 Å². The number of rotatable bonds is 18. The molecule has 12 nitrogen and oxygen atoms in total. The number of hydrogen-bond donors (Lipinski definition) is 4. The van der Waals surface area contributed by atoms with E-state index in [1.165, 1.54) is 6.08 Å². The smallest absolute Gasteiger partial charge is 0.243 e. The molecular formula is C33H47N7O5S. The number of azide groups is 1. The van der Waals surface area contributed by atoms with Crippen LogP contribution in [0.5, 0.6) is 0 Å². The fraction of sp³-hybridized carbons (Fsp3) is 0.485. The summed E-state index contributed by atoms with van der Waals surface area (Å²) in [7, 11) is -3.47. The van der Waals surface area contributed by atoms with Gasteiger partial charge >= 0.3 is 0 Å². The Morgan fingerprint density at radius 1 is 0.804 bits per heavy atom. The summed E-state index contributed by atoms with van der Waals surface area (Å²) in [4.78, 5) is 43.3. The summed E-state index contributed by atoms with van der Waals surface area (Å²) in [6, 6.07) is 12.8. The average Bonchev–Trinajstić information content (AvgIpc) is 2.99. The second-order valence-corrected chi connectivity index (χ2v) is 14.2. The Labute approximate surface area is 272 Å². The van der Waals surface area contributed by atoms with Gasteiger partial charge in [-0.25, -0.2) is 8.42 Å². The molecule has 13 heteroatoms. The minimum Gasteiger partial charge on any atom is -0.348 e. The molecule has 5 N–H and O–H groups in total. The van der Waals surface area contributed by atoms with Crippen LogP contribution in [-0.4, -0.2) is 56.6 Å². The Morgan fingerprint density at radius 2 is 1.30 bits per heavy atom. The number of sulfone groups is 1. The number of carbonyl (C=O) groups excluding carboxylic acids is 3. The summed E-state index contributed by atoms with van der Waals surface area (Å²) in [5.74, 6) is -1.61. The molecule has 46 heavy (non-hydrogen) atoms. The Bertz CT molecular complexity index is 1470. The van der Waals surface area contributed by atoms with E-state index >= 15 is 0 Å². The third-order valence-corrected chi connectivity index (χ3v) is 7.70. The number of benzene rings is 2. The van der Waals surface area contributed by atoms with Gasteiger partial charge in [0, 0.05) is 23.1 Å². The van der Waals surface area contributed by atoms with Gasteiger partial charge < -0.3 is 21.7 Å². The molecule has 0 fully saturated rings. The quantitative estimate of drug-likeness (QED) is 0.107. The zero-order valence-electron chi connectivity index (χ0n) is 27.2. The zero-order chi connectivity index (χ0) is 34.3. The molecule has 4 unspecified atom stereocenters. The maximum atomic E-state index is 13.6. The molecule has 2 aromatic carbocycles. The van der Waals surface area contributed by atoms with E-state index in [9.17, 15) is 22.8 Å². The van der Waals surface area contributed by atoms with E-state index in [4.69, 9.17) is 11.3 Å². The first-order valence-electron chi connectivity index (χ1n) is 15.4. The topological polar surface area (TPSA) is 196 Å². The maximum absolute atomic E-state index is 13.6. The molecule has 0 saturated carbocycles. The molecule has 0 aliphatic carbocycles. The van der Waals surface area contributed by atoms with Gasteiger partial charge in [-0.15, -0.1) is 0 Å². The van der Waals surface area contributed by atoms with E-state index in [1.807, 2.05) is 82.3 Å². The molecule has 0 radical (unpaired) electrons. The second kappa shape index (κ2) is 18.7. The van der Waals surface area contributed by atoms with Crippen molar-refractivity contribution >= 4 is 27.6 Å². The highest BCUT2D eigenvalue weighted by atomic mass is 32.2. The van der Waals surface area contributed by atoms with Crippen molar-refractivity contribution in [2.45, 2.75) is 84.1 Å². The molecule has 0 aliphatic rings. The van der Waals surface area contributed by atoms with Crippen LogP contribution in [0.25, 0.3) is 10.4 Å². The number of carbonyl (C=O) groups is 3. The number of hydrogen-bond acceptors (Lipinski definition) is 7. The summed E-state index contributed by atoms with van der Waals surface area (Å²) in [5, 5.41) is 13.2. The minimum absolute atomic E-state index is 0.0108.